The number of aliphatic hydroxyl groups is 3. The first kappa shape index (κ1) is 39.0. The Balaban J connectivity index is 1.18. The van der Waals surface area contributed by atoms with Gasteiger partial charge in [-0.2, -0.15) is 0 Å². The number of β-amino-alcohol motifs (C(OH)–C–C–N with tert-alkyl or cyclic N) is 1. The van der Waals surface area contributed by atoms with E-state index in [-0.39, 0.29) is 59.7 Å². The number of carbonyl (C=O) groups is 1. The number of carboxylic acids is 1. The van der Waals surface area contributed by atoms with Crippen LogP contribution >= 0.6 is 0 Å². The van der Waals surface area contributed by atoms with Gasteiger partial charge in [-0.1, -0.05) is 49.3 Å². The van der Waals surface area contributed by atoms with Crippen molar-refractivity contribution in [2.24, 2.45) is 33.9 Å². The zero-order valence-electron chi connectivity index (χ0n) is 32.0. The van der Waals surface area contributed by atoms with Crippen LogP contribution in [-0.4, -0.2) is 101 Å². The largest absolute Gasteiger partial charge is 0.550 e. The Hall–Kier alpha value is -2.22. The zero-order chi connectivity index (χ0) is 37.4. The summed E-state index contributed by atoms with van der Waals surface area (Å²) in [5, 5.41) is 58.5. The maximum absolute atomic E-state index is 12.3. The topological polar surface area (TPSA) is 180 Å². The van der Waals surface area contributed by atoms with Crippen molar-refractivity contribution >= 4 is 12.2 Å². The van der Waals surface area contributed by atoms with Gasteiger partial charge in [-0.25, -0.2) is 4.99 Å². The second-order valence-corrected chi connectivity index (χ2v) is 18.5. The lowest BCUT2D eigenvalue weighted by Gasteiger charge is -2.48. The van der Waals surface area contributed by atoms with Crippen molar-refractivity contribution in [1.29, 1.82) is 0 Å². The Bertz CT molecular complexity index is 1490. The molecule has 2 aliphatic carbocycles. The van der Waals surface area contributed by atoms with E-state index < -0.39 is 30.2 Å². The van der Waals surface area contributed by atoms with Crippen molar-refractivity contribution in [1.82, 2.24) is 16.0 Å². The molecule has 294 valence electrons. The van der Waals surface area contributed by atoms with E-state index in [9.17, 15) is 25.2 Å². The normalized spacial score (nSPS) is 44.1. The van der Waals surface area contributed by atoms with Crippen LogP contribution in [0.15, 0.2) is 41.4 Å². The van der Waals surface area contributed by atoms with E-state index in [1.165, 1.54) is 16.0 Å². The predicted octanol–water partition coefficient (Wildman–Crippen LogP) is 0.348. The lowest BCUT2D eigenvalue weighted by Crippen LogP contribution is -3.16. The molecule has 4 aliphatic heterocycles. The Morgan fingerprint density at radius 1 is 1.09 bits per heavy atom. The highest BCUT2D eigenvalue weighted by atomic mass is 16.4. The molecule has 9 N–H and O–H groups in total. The fourth-order valence-corrected chi connectivity index (χ4v) is 11.7. The molecule has 7 rings (SSSR count). The summed E-state index contributed by atoms with van der Waals surface area (Å²) < 4.78 is 0. The van der Waals surface area contributed by atoms with Crippen LogP contribution in [0.25, 0.3) is 0 Å². The van der Waals surface area contributed by atoms with Crippen molar-refractivity contribution in [3.8, 4) is 0 Å². The first-order valence-electron chi connectivity index (χ1n) is 20.7. The van der Waals surface area contributed by atoms with Crippen molar-refractivity contribution in [2.45, 2.75) is 157 Å². The third-order valence-electron chi connectivity index (χ3n) is 14.6. The Kier molecular flexibility index (Phi) is 11.9. The molecule has 2 saturated heterocycles. The monoisotopic (exact) mass is 735 g/mol. The van der Waals surface area contributed by atoms with Gasteiger partial charge in [0.05, 0.1) is 36.2 Å². The number of hydrogen-bond donors (Lipinski definition) is 8. The minimum Gasteiger partial charge on any atom is -0.550 e. The third-order valence-corrected chi connectivity index (χ3v) is 14.6. The number of benzene rings is 1. The molecule has 0 aromatic heterocycles. The number of nitrogens with one attached hydrogen (secondary N) is 4. The number of allylic oxidation sites excluding steroid dienone is 1. The van der Waals surface area contributed by atoms with E-state index in [2.05, 4.69) is 64.3 Å². The number of piperidine rings is 2. The highest BCUT2D eigenvalue weighted by Crippen LogP contribution is 2.56. The molecule has 1 saturated carbocycles. The molecule has 11 heteroatoms. The van der Waals surface area contributed by atoms with Gasteiger partial charge in [0.25, 0.3) is 0 Å². The molecule has 1 aromatic rings. The Morgan fingerprint density at radius 2 is 1.85 bits per heavy atom. The number of nitrogens with two attached hydrogens (primary N) is 1. The Labute approximate surface area is 316 Å². The van der Waals surface area contributed by atoms with Gasteiger partial charge >= 0.3 is 0 Å². The number of carboxylic acid groups (broad SMARTS) is 1. The van der Waals surface area contributed by atoms with Gasteiger partial charge in [0.15, 0.2) is 6.67 Å². The van der Waals surface area contributed by atoms with Gasteiger partial charge in [-0.05, 0) is 106 Å². The van der Waals surface area contributed by atoms with E-state index in [0.29, 0.717) is 31.8 Å². The quantitative estimate of drug-likeness (QED) is 0.192. The first-order chi connectivity index (χ1) is 25.3. The van der Waals surface area contributed by atoms with E-state index in [4.69, 9.17) is 5.73 Å². The molecule has 53 heavy (non-hydrogen) atoms. The van der Waals surface area contributed by atoms with Gasteiger partial charge in [0.2, 0.25) is 0 Å². The van der Waals surface area contributed by atoms with Gasteiger partial charge in [0.1, 0.15) is 12.6 Å². The fraction of sp³-hybridized carbons (Fsp3) is 0.762. The summed E-state index contributed by atoms with van der Waals surface area (Å²) >= 11 is 0. The van der Waals surface area contributed by atoms with Crippen LogP contribution in [0.2, 0.25) is 0 Å². The number of carbonyl (C=O) groups excluding carboxylic acids is 1. The summed E-state index contributed by atoms with van der Waals surface area (Å²) in [5.74, 6) is -1.07. The summed E-state index contributed by atoms with van der Waals surface area (Å²) in [5.41, 5.74) is 7.19. The molecular formula is C42H66N6O5. The molecule has 1 aromatic carbocycles. The van der Waals surface area contributed by atoms with Crippen LogP contribution in [0, 0.1) is 23.2 Å². The molecule has 6 bridgehead atoms. The highest BCUT2D eigenvalue weighted by Gasteiger charge is 2.50. The predicted molar refractivity (Wildman–Crippen MR) is 204 cm³/mol. The van der Waals surface area contributed by atoms with Crippen molar-refractivity contribution in [3.05, 3.63) is 47.5 Å². The SMILES string of the molecule is CC1NC(CC(O)C2CCCC34CCCC3C=CC(C4)C(O)(CC(=O)[O-])CNC3(C)CC(N)NC(Cc4cccc(c4)C2)C3)C([NH+]2CC=NC2)CC1O. The zero-order valence-corrected chi connectivity index (χ0v) is 32.0. The van der Waals surface area contributed by atoms with Crippen LogP contribution in [-0.2, 0) is 17.6 Å². The standard InChI is InChI=1S/C42H66N6O5/c1-27-36(49)20-35(48-15-14-44-26-48)34(46-27)19-37(50)30-8-4-12-41-13-5-9-31(41)10-11-32(21-41)42(53,24-39(51)52)25-45-40(2)22-33(47-38(43)23-40)18-29-7-3-6-28(16-29)17-30/h3,6-7,10-11,14,16,27,30-38,45-47,49-50,53H,4-5,8-9,12-13,15,17-26,43H2,1-2H3,(H,51,52). The number of aliphatic hydroxyl groups excluding tert-OH is 2. The van der Waals surface area contributed by atoms with Crippen LogP contribution in [0.4, 0.5) is 0 Å². The van der Waals surface area contributed by atoms with E-state index in [1.54, 1.807) is 0 Å². The number of aliphatic carboxylic acids is 1. The molecule has 3 fully saturated rings. The average Bonchev–Trinajstić information content (AvgIpc) is 3.78. The number of rotatable bonds is 6. The third kappa shape index (κ3) is 8.93. The summed E-state index contributed by atoms with van der Waals surface area (Å²) in [7, 11) is 0. The van der Waals surface area contributed by atoms with E-state index in [1.807, 2.05) is 13.1 Å². The minimum absolute atomic E-state index is 0.00695. The first-order valence-corrected chi connectivity index (χ1v) is 20.7. The number of nitrogens with zero attached hydrogens (tertiary/aromatic N) is 1. The summed E-state index contributed by atoms with van der Waals surface area (Å²) in [6.45, 7) is 5.92. The number of hydrogen-bond acceptors (Lipinski definition) is 10. The smallest absolute Gasteiger partial charge is 0.171 e. The molecule has 11 nitrogen and oxygen atoms in total. The lowest BCUT2D eigenvalue weighted by atomic mass is 9.61. The van der Waals surface area contributed by atoms with Gasteiger partial charge in [-0.3, -0.25) is 5.32 Å². The minimum atomic E-state index is -1.49. The summed E-state index contributed by atoms with van der Waals surface area (Å²) in [6.07, 6.45) is 16.0. The van der Waals surface area contributed by atoms with Crippen LogP contribution < -0.4 is 31.7 Å². The van der Waals surface area contributed by atoms with Crippen molar-refractivity contribution < 1.29 is 30.1 Å². The van der Waals surface area contributed by atoms with Gasteiger partial charge in [-0.15, -0.1) is 0 Å². The second-order valence-electron chi connectivity index (χ2n) is 18.5. The maximum atomic E-state index is 12.3. The summed E-state index contributed by atoms with van der Waals surface area (Å²) in [6, 6.07) is 9.15. The molecule has 0 amide bonds. The fourth-order valence-electron chi connectivity index (χ4n) is 11.7. The molecule has 1 spiro atoms. The summed E-state index contributed by atoms with van der Waals surface area (Å²) in [4.78, 5) is 18.0. The molecule has 4 heterocycles. The number of quaternary nitrogens is 1. The lowest BCUT2D eigenvalue weighted by molar-refractivity contribution is -0.914. The molecule has 14 unspecified atom stereocenters. The molecular weight excluding hydrogens is 668 g/mol. The van der Waals surface area contributed by atoms with E-state index >= 15 is 0 Å². The van der Waals surface area contributed by atoms with E-state index in [0.717, 1.165) is 70.8 Å². The molecule has 0 radical (unpaired) electrons. The van der Waals surface area contributed by atoms with Gasteiger partial charge in [0, 0.05) is 48.9 Å². The van der Waals surface area contributed by atoms with Crippen LogP contribution in [0.5, 0.6) is 0 Å². The number of aliphatic imine (C=N–C) groups is 1. The second kappa shape index (κ2) is 16.1. The van der Waals surface area contributed by atoms with Crippen LogP contribution in [0.3, 0.4) is 0 Å². The highest BCUT2D eigenvalue weighted by molar-refractivity contribution is 5.66. The van der Waals surface area contributed by atoms with Crippen molar-refractivity contribution in [2.75, 3.05) is 19.8 Å². The molecule has 14 atom stereocenters. The van der Waals surface area contributed by atoms with Crippen LogP contribution in [0.1, 0.15) is 102 Å². The number of fused-ring (bicyclic) bond motifs is 5. The Morgan fingerprint density at radius 3 is 2.60 bits per heavy atom. The average molecular weight is 735 g/mol. The van der Waals surface area contributed by atoms with Crippen molar-refractivity contribution in [3.63, 3.8) is 0 Å². The maximum Gasteiger partial charge on any atom is 0.171 e. The molecule has 6 aliphatic rings. The van der Waals surface area contributed by atoms with Gasteiger partial charge < -0.3 is 46.5 Å².